The summed E-state index contributed by atoms with van der Waals surface area (Å²) in [5.74, 6) is 2.58. The second kappa shape index (κ2) is 4.25. The normalized spacial score (nSPS) is 26.9. The molecule has 0 bridgehead atoms. The number of benzene rings is 1. The lowest BCUT2D eigenvalue weighted by molar-refractivity contribution is 0.445. The van der Waals surface area contributed by atoms with E-state index in [1.54, 1.807) is 0 Å². The fourth-order valence-corrected chi connectivity index (χ4v) is 3.81. The summed E-state index contributed by atoms with van der Waals surface area (Å²) in [6.07, 6.45) is 3.83. The van der Waals surface area contributed by atoms with Crippen molar-refractivity contribution in [1.82, 2.24) is 5.32 Å². The minimum Gasteiger partial charge on any atom is -0.304 e. The molecule has 1 aromatic carbocycles. The van der Waals surface area contributed by atoms with Crippen molar-refractivity contribution in [2.45, 2.75) is 30.8 Å². The van der Waals surface area contributed by atoms with Crippen LogP contribution in [0.3, 0.4) is 0 Å². The molecule has 1 nitrogen and oxygen atoms in total. The molecule has 1 aliphatic carbocycles. The highest BCUT2D eigenvalue weighted by molar-refractivity contribution is 7.99. The zero-order chi connectivity index (χ0) is 11.0. The Morgan fingerprint density at radius 2 is 2.25 bits per heavy atom. The number of halogens is 1. The molecule has 3 rings (SSSR count). The molecule has 2 fully saturated rings. The zero-order valence-corrected chi connectivity index (χ0v) is 10.8. The number of hydrogen-bond acceptors (Lipinski definition) is 2. The van der Waals surface area contributed by atoms with Crippen molar-refractivity contribution in [2.75, 3.05) is 11.5 Å². The number of thioether (sulfide) groups is 1. The van der Waals surface area contributed by atoms with Crippen LogP contribution in [0.4, 0.5) is 0 Å². The molecule has 1 aromatic rings. The molecule has 86 valence electrons. The Balaban J connectivity index is 1.77. The molecule has 0 amide bonds. The van der Waals surface area contributed by atoms with Crippen LogP contribution in [0.5, 0.6) is 0 Å². The van der Waals surface area contributed by atoms with E-state index in [0.717, 1.165) is 5.02 Å². The van der Waals surface area contributed by atoms with Crippen molar-refractivity contribution in [2.24, 2.45) is 0 Å². The highest BCUT2D eigenvalue weighted by atomic mass is 35.5. The van der Waals surface area contributed by atoms with Crippen molar-refractivity contribution < 1.29 is 0 Å². The van der Waals surface area contributed by atoms with Gasteiger partial charge >= 0.3 is 0 Å². The first-order chi connectivity index (χ1) is 7.78. The van der Waals surface area contributed by atoms with Crippen molar-refractivity contribution in [3.8, 4) is 0 Å². The minimum atomic E-state index is 0.250. The monoisotopic (exact) mass is 253 g/mol. The molecule has 1 atom stereocenters. The van der Waals surface area contributed by atoms with E-state index in [2.05, 4.69) is 35.3 Å². The molecule has 1 aliphatic heterocycles. The van der Waals surface area contributed by atoms with Gasteiger partial charge in [0.25, 0.3) is 0 Å². The Morgan fingerprint density at radius 1 is 1.38 bits per heavy atom. The van der Waals surface area contributed by atoms with Gasteiger partial charge in [-0.25, -0.2) is 0 Å². The van der Waals surface area contributed by atoms with Gasteiger partial charge in [-0.1, -0.05) is 23.7 Å². The van der Waals surface area contributed by atoms with E-state index in [9.17, 15) is 0 Å². The fourth-order valence-electron chi connectivity index (χ4n) is 2.47. The van der Waals surface area contributed by atoms with Gasteiger partial charge in [0.1, 0.15) is 0 Å². The molecular weight excluding hydrogens is 238 g/mol. The number of rotatable bonds is 3. The Bertz CT molecular complexity index is 383. The lowest BCUT2D eigenvalue weighted by Crippen LogP contribution is -2.38. The molecule has 16 heavy (non-hydrogen) atoms. The third kappa shape index (κ3) is 2.11. The van der Waals surface area contributed by atoms with Crippen molar-refractivity contribution >= 4 is 23.4 Å². The standard InChI is InChI=1S/C13H16ClNS/c14-11-3-1-2-10(8-11)13(5-6-13)15-12-4-7-16-9-12/h1-3,8,12,15H,4-7,9H2/t12-/m1/s1. The van der Waals surface area contributed by atoms with Crippen LogP contribution in [0.1, 0.15) is 24.8 Å². The van der Waals surface area contributed by atoms with E-state index in [1.807, 2.05) is 6.07 Å². The van der Waals surface area contributed by atoms with E-state index in [0.29, 0.717) is 6.04 Å². The van der Waals surface area contributed by atoms with Gasteiger partial charge in [-0.05, 0) is 42.7 Å². The Kier molecular flexibility index (Phi) is 2.90. The number of nitrogens with one attached hydrogen (secondary N) is 1. The summed E-state index contributed by atoms with van der Waals surface area (Å²) in [5, 5.41) is 4.68. The maximum absolute atomic E-state index is 6.06. The van der Waals surface area contributed by atoms with Gasteiger partial charge in [-0.2, -0.15) is 11.8 Å². The highest BCUT2D eigenvalue weighted by Crippen LogP contribution is 2.47. The van der Waals surface area contributed by atoms with Crippen molar-refractivity contribution in [1.29, 1.82) is 0 Å². The quantitative estimate of drug-likeness (QED) is 0.886. The maximum Gasteiger partial charge on any atom is 0.0439 e. The highest BCUT2D eigenvalue weighted by Gasteiger charge is 2.45. The molecule has 2 aliphatic rings. The van der Waals surface area contributed by atoms with Gasteiger partial charge in [-0.3, -0.25) is 0 Å². The average molecular weight is 254 g/mol. The van der Waals surface area contributed by atoms with Crippen LogP contribution in [0.2, 0.25) is 5.02 Å². The Morgan fingerprint density at radius 3 is 2.88 bits per heavy atom. The van der Waals surface area contributed by atoms with Crippen molar-refractivity contribution in [3.05, 3.63) is 34.9 Å². The third-order valence-corrected chi connectivity index (χ3v) is 4.93. The van der Waals surface area contributed by atoms with Crippen molar-refractivity contribution in [3.63, 3.8) is 0 Å². The molecule has 0 radical (unpaired) electrons. The Labute approximate surface area is 106 Å². The van der Waals surface area contributed by atoms with Crippen LogP contribution in [-0.4, -0.2) is 17.5 Å². The lowest BCUT2D eigenvalue weighted by Gasteiger charge is -2.22. The summed E-state index contributed by atoms with van der Waals surface area (Å²) in [5.41, 5.74) is 1.62. The molecule has 3 heteroatoms. The second-order valence-electron chi connectivity index (χ2n) is 4.80. The first kappa shape index (κ1) is 10.9. The second-order valence-corrected chi connectivity index (χ2v) is 6.38. The van der Waals surface area contributed by atoms with E-state index in [4.69, 9.17) is 11.6 Å². The minimum absolute atomic E-state index is 0.250. The maximum atomic E-state index is 6.06. The largest absolute Gasteiger partial charge is 0.304 e. The average Bonchev–Trinajstić information content (AvgIpc) is 2.87. The topological polar surface area (TPSA) is 12.0 Å². The van der Waals surface area contributed by atoms with Gasteiger partial charge < -0.3 is 5.32 Å². The molecule has 0 aromatic heterocycles. The van der Waals surface area contributed by atoms with Crippen LogP contribution in [-0.2, 0) is 5.54 Å². The summed E-state index contributed by atoms with van der Waals surface area (Å²) in [6.45, 7) is 0. The van der Waals surface area contributed by atoms with Crippen LogP contribution < -0.4 is 5.32 Å². The van der Waals surface area contributed by atoms with Gasteiger partial charge in [0, 0.05) is 22.4 Å². The molecular formula is C13H16ClNS. The number of hydrogen-bond donors (Lipinski definition) is 1. The first-order valence-corrected chi connectivity index (χ1v) is 7.43. The lowest BCUT2D eigenvalue weighted by atomic mass is 10.0. The van der Waals surface area contributed by atoms with Gasteiger partial charge in [0.15, 0.2) is 0 Å². The molecule has 1 N–H and O–H groups in total. The zero-order valence-electron chi connectivity index (χ0n) is 9.21. The SMILES string of the molecule is Clc1cccc(C2(N[C@@H]3CCSC3)CC2)c1. The van der Waals surface area contributed by atoms with E-state index < -0.39 is 0 Å². The Hall–Kier alpha value is -0.180. The fraction of sp³-hybridized carbons (Fsp3) is 0.538. The van der Waals surface area contributed by atoms with E-state index in [1.165, 1.54) is 36.3 Å². The van der Waals surface area contributed by atoms with Gasteiger partial charge in [0.2, 0.25) is 0 Å². The van der Waals surface area contributed by atoms with E-state index >= 15 is 0 Å². The van der Waals surface area contributed by atoms with E-state index in [-0.39, 0.29) is 5.54 Å². The summed E-state index contributed by atoms with van der Waals surface area (Å²) >= 11 is 8.12. The van der Waals surface area contributed by atoms with Crippen LogP contribution >= 0.6 is 23.4 Å². The summed E-state index contributed by atoms with van der Waals surface area (Å²) < 4.78 is 0. The molecule has 1 saturated carbocycles. The van der Waals surface area contributed by atoms with Gasteiger partial charge in [-0.15, -0.1) is 0 Å². The predicted octanol–water partition coefficient (Wildman–Crippen LogP) is 3.42. The van der Waals surface area contributed by atoms with Crippen LogP contribution in [0, 0.1) is 0 Å². The first-order valence-electron chi connectivity index (χ1n) is 5.90. The predicted molar refractivity (Wildman–Crippen MR) is 71.2 cm³/mol. The molecule has 0 spiro atoms. The van der Waals surface area contributed by atoms with Crippen LogP contribution in [0.15, 0.2) is 24.3 Å². The van der Waals surface area contributed by atoms with Gasteiger partial charge in [0.05, 0.1) is 0 Å². The summed E-state index contributed by atoms with van der Waals surface area (Å²) in [6, 6.07) is 9.03. The van der Waals surface area contributed by atoms with Crippen LogP contribution in [0.25, 0.3) is 0 Å². The molecule has 1 heterocycles. The summed E-state index contributed by atoms with van der Waals surface area (Å²) in [7, 11) is 0. The molecule has 0 unspecified atom stereocenters. The summed E-state index contributed by atoms with van der Waals surface area (Å²) in [4.78, 5) is 0. The molecule has 1 saturated heterocycles. The third-order valence-electron chi connectivity index (χ3n) is 3.54. The smallest absolute Gasteiger partial charge is 0.0439 e.